The molecule has 0 aliphatic heterocycles. The monoisotopic (exact) mass is 317 g/mol. The molecule has 2 rings (SSSR count). The Balaban J connectivity index is 2.09. The van der Waals surface area contributed by atoms with Crippen LogP contribution >= 0.6 is 11.3 Å². The summed E-state index contributed by atoms with van der Waals surface area (Å²) >= 11 is 1.55. The molecule has 116 valence electrons. The Morgan fingerprint density at radius 3 is 2.73 bits per heavy atom. The summed E-state index contributed by atoms with van der Waals surface area (Å²) in [5.74, 6) is -0.435. The van der Waals surface area contributed by atoms with E-state index in [0.29, 0.717) is 25.2 Å². The third kappa shape index (κ3) is 4.24. The van der Waals surface area contributed by atoms with Gasteiger partial charge in [0, 0.05) is 36.1 Å². The van der Waals surface area contributed by atoms with Gasteiger partial charge in [-0.05, 0) is 12.1 Å². The number of aromatic nitrogens is 1. The maximum atomic E-state index is 11.1. The minimum Gasteiger partial charge on any atom is -0.395 e. The summed E-state index contributed by atoms with van der Waals surface area (Å²) in [5, 5.41) is 12.0. The first-order chi connectivity index (χ1) is 10.6. The van der Waals surface area contributed by atoms with E-state index in [1.165, 1.54) is 0 Å². The number of thiazole rings is 1. The fraction of sp³-hybridized carbons (Fsp3) is 0.250. The van der Waals surface area contributed by atoms with Crippen molar-refractivity contribution in [2.75, 3.05) is 19.7 Å². The van der Waals surface area contributed by atoms with Crippen LogP contribution in [0.5, 0.6) is 0 Å². The molecule has 1 amide bonds. The van der Waals surface area contributed by atoms with E-state index in [1.807, 2.05) is 23.6 Å². The molecule has 1 heterocycles. The molecule has 0 saturated heterocycles. The fourth-order valence-electron chi connectivity index (χ4n) is 2.08. The van der Waals surface area contributed by atoms with Crippen LogP contribution in [0.4, 0.5) is 0 Å². The Morgan fingerprint density at radius 1 is 1.41 bits per heavy atom. The third-order valence-electron chi connectivity index (χ3n) is 3.16. The lowest BCUT2D eigenvalue weighted by Crippen LogP contribution is -2.26. The summed E-state index contributed by atoms with van der Waals surface area (Å²) < 4.78 is 0. The number of primary amides is 1. The van der Waals surface area contributed by atoms with E-state index in [0.717, 1.165) is 16.3 Å². The zero-order valence-corrected chi connectivity index (χ0v) is 13.1. The van der Waals surface area contributed by atoms with Gasteiger partial charge < -0.3 is 10.8 Å². The van der Waals surface area contributed by atoms with E-state index in [2.05, 4.69) is 16.5 Å². The van der Waals surface area contributed by atoms with Crippen molar-refractivity contribution < 1.29 is 9.90 Å². The molecule has 6 heteroatoms. The van der Waals surface area contributed by atoms with Gasteiger partial charge in [-0.1, -0.05) is 18.2 Å². The Kier molecular flexibility index (Phi) is 5.83. The first-order valence-corrected chi connectivity index (χ1v) is 7.80. The summed E-state index contributed by atoms with van der Waals surface area (Å²) in [6.45, 7) is 5.80. The standard InChI is InChI=1S/C16H19N3O2S/c1-2-7-19(8-9-20)10-14-11-22-16(18-14)13-5-3-12(4-6-13)15(17)21/h2-6,11,20H,1,7-10H2,(H2,17,21). The smallest absolute Gasteiger partial charge is 0.248 e. The van der Waals surface area contributed by atoms with E-state index >= 15 is 0 Å². The highest BCUT2D eigenvalue weighted by molar-refractivity contribution is 7.13. The number of hydrogen-bond donors (Lipinski definition) is 2. The van der Waals surface area contributed by atoms with Crippen LogP contribution in [0.25, 0.3) is 10.6 Å². The Morgan fingerprint density at radius 2 is 2.14 bits per heavy atom. The van der Waals surface area contributed by atoms with Gasteiger partial charge in [0.2, 0.25) is 5.91 Å². The molecule has 1 aromatic heterocycles. The van der Waals surface area contributed by atoms with E-state index in [9.17, 15) is 4.79 Å². The van der Waals surface area contributed by atoms with Crippen molar-refractivity contribution in [1.29, 1.82) is 0 Å². The first kappa shape index (κ1) is 16.4. The molecule has 0 aliphatic rings. The van der Waals surface area contributed by atoms with Crippen LogP contribution in [-0.4, -0.2) is 40.6 Å². The maximum Gasteiger partial charge on any atom is 0.248 e. The van der Waals surface area contributed by atoms with Gasteiger partial charge in [-0.2, -0.15) is 0 Å². The zero-order chi connectivity index (χ0) is 15.9. The lowest BCUT2D eigenvalue weighted by Gasteiger charge is -2.17. The minimum absolute atomic E-state index is 0.111. The number of amides is 1. The topological polar surface area (TPSA) is 79.5 Å². The van der Waals surface area contributed by atoms with E-state index in [4.69, 9.17) is 10.8 Å². The van der Waals surface area contributed by atoms with Crippen LogP contribution in [0.3, 0.4) is 0 Å². The summed E-state index contributed by atoms with van der Waals surface area (Å²) in [7, 11) is 0. The highest BCUT2D eigenvalue weighted by Gasteiger charge is 2.09. The van der Waals surface area contributed by atoms with Crippen molar-refractivity contribution in [2.24, 2.45) is 5.73 Å². The number of nitrogens with zero attached hydrogens (tertiary/aromatic N) is 2. The Hall–Kier alpha value is -2.02. The molecule has 0 radical (unpaired) electrons. The second-order valence-corrected chi connectivity index (χ2v) is 5.69. The molecule has 3 N–H and O–H groups in total. The molecule has 22 heavy (non-hydrogen) atoms. The molecule has 0 fully saturated rings. The summed E-state index contributed by atoms with van der Waals surface area (Å²) in [5.41, 5.74) is 7.63. The van der Waals surface area contributed by atoms with Crippen LogP contribution in [0.1, 0.15) is 16.1 Å². The van der Waals surface area contributed by atoms with Gasteiger partial charge in [0.15, 0.2) is 0 Å². The molecular formula is C16H19N3O2S. The van der Waals surface area contributed by atoms with Gasteiger partial charge in [-0.25, -0.2) is 4.98 Å². The average molecular weight is 317 g/mol. The second kappa shape index (κ2) is 7.84. The molecule has 0 bridgehead atoms. The molecule has 1 aromatic carbocycles. The number of nitrogens with two attached hydrogens (primary N) is 1. The van der Waals surface area contributed by atoms with Crippen LogP contribution in [0, 0.1) is 0 Å². The number of carbonyl (C=O) groups excluding carboxylic acids is 1. The zero-order valence-electron chi connectivity index (χ0n) is 12.2. The number of aliphatic hydroxyl groups is 1. The molecule has 0 aliphatic carbocycles. The fourth-order valence-corrected chi connectivity index (χ4v) is 2.89. The quantitative estimate of drug-likeness (QED) is 0.729. The van der Waals surface area contributed by atoms with Crippen LogP contribution in [0.15, 0.2) is 42.3 Å². The summed E-state index contributed by atoms with van der Waals surface area (Å²) in [4.78, 5) is 17.7. The van der Waals surface area contributed by atoms with E-state index < -0.39 is 5.91 Å². The van der Waals surface area contributed by atoms with Crippen molar-refractivity contribution in [3.63, 3.8) is 0 Å². The highest BCUT2D eigenvalue weighted by atomic mass is 32.1. The summed E-state index contributed by atoms with van der Waals surface area (Å²) in [6, 6.07) is 7.10. The Bertz CT molecular complexity index is 637. The van der Waals surface area contributed by atoms with E-state index in [1.54, 1.807) is 23.5 Å². The van der Waals surface area contributed by atoms with E-state index in [-0.39, 0.29) is 6.61 Å². The van der Waals surface area contributed by atoms with Crippen molar-refractivity contribution in [3.05, 3.63) is 53.6 Å². The number of carbonyl (C=O) groups is 1. The van der Waals surface area contributed by atoms with Crippen LogP contribution in [-0.2, 0) is 6.54 Å². The molecular weight excluding hydrogens is 298 g/mol. The SMILES string of the molecule is C=CCN(CCO)Cc1csc(-c2ccc(C(N)=O)cc2)n1. The van der Waals surface area contributed by atoms with Gasteiger partial charge in [0.1, 0.15) is 5.01 Å². The molecule has 2 aromatic rings. The molecule has 5 nitrogen and oxygen atoms in total. The molecule has 0 saturated carbocycles. The highest BCUT2D eigenvalue weighted by Crippen LogP contribution is 2.24. The maximum absolute atomic E-state index is 11.1. The van der Waals surface area contributed by atoms with Crippen molar-refractivity contribution >= 4 is 17.2 Å². The third-order valence-corrected chi connectivity index (χ3v) is 4.10. The first-order valence-electron chi connectivity index (χ1n) is 6.92. The van der Waals surface area contributed by atoms with Gasteiger partial charge in [-0.3, -0.25) is 9.69 Å². The van der Waals surface area contributed by atoms with Crippen molar-refractivity contribution in [3.8, 4) is 10.6 Å². The lowest BCUT2D eigenvalue weighted by molar-refractivity contribution is 0.100. The van der Waals surface area contributed by atoms with Crippen LogP contribution < -0.4 is 5.73 Å². The number of benzene rings is 1. The largest absolute Gasteiger partial charge is 0.395 e. The van der Waals surface area contributed by atoms with Gasteiger partial charge in [0.25, 0.3) is 0 Å². The van der Waals surface area contributed by atoms with Crippen LogP contribution in [0.2, 0.25) is 0 Å². The average Bonchev–Trinajstić information content (AvgIpc) is 2.96. The number of hydrogen-bond acceptors (Lipinski definition) is 5. The number of rotatable bonds is 8. The van der Waals surface area contributed by atoms with Crippen molar-refractivity contribution in [2.45, 2.75) is 6.54 Å². The number of aliphatic hydroxyl groups excluding tert-OH is 1. The molecule has 0 atom stereocenters. The molecule has 0 spiro atoms. The van der Waals surface area contributed by atoms with Gasteiger partial charge >= 0.3 is 0 Å². The van der Waals surface area contributed by atoms with Gasteiger partial charge in [-0.15, -0.1) is 17.9 Å². The van der Waals surface area contributed by atoms with Crippen molar-refractivity contribution in [1.82, 2.24) is 9.88 Å². The normalized spacial score (nSPS) is 10.8. The summed E-state index contributed by atoms with van der Waals surface area (Å²) in [6.07, 6.45) is 1.81. The minimum atomic E-state index is -0.435. The van der Waals surface area contributed by atoms with Gasteiger partial charge in [0.05, 0.1) is 12.3 Å². The predicted molar refractivity (Wildman–Crippen MR) is 88.6 cm³/mol. The molecule has 0 unspecified atom stereocenters. The second-order valence-electron chi connectivity index (χ2n) is 4.83. The Labute approximate surface area is 133 Å². The lowest BCUT2D eigenvalue weighted by atomic mass is 10.1. The predicted octanol–water partition coefficient (Wildman–Crippen LogP) is 1.89.